The summed E-state index contributed by atoms with van der Waals surface area (Å²) in [4.78, 5) is 28.1. The fourth-order valence-electron chi connectivity index (χ4n) is 4.87. The molecule has 0 radical (unpaired) electrons. The van der Waals surface area contributed by atoms with Crippen molar-refractivity contribution in [2.75, 3.05) is 25.4 Å². The van der Waals surface area contributed by atoms with Crippen LogP contribution in [0.25, 0.3) is 0 Å². The quantitative estimate of drug-likeness (QED) is 0.561. The van der Waals surface area contributed by atoms with E-state index < -0.39 is 32.7 Å². The maximum absolute atomic E-state index is 13.5. The lowest BCUT2D eigenvalue weighted by atomic mass is 9.74. The van der Waals surface area contributed by atoms with Crippen molar-refractivity contribution in [2.45, 2.75) is 55.2 Å². The Morgan fingerprint density at radius 3 is 2.33 bits per heavy atom. The number of amides is 2. The first kappa shape index (κ1) is 28.1. The Kier molecular flexibility index (Phi) is 8.50. The van der Waals surface area contributed by atoms with Crippen LogP contribution in [0.3, 0.4) is 0 Å². The SMILES string of the molecule is CC(C)(N)C(=O)N[C@H](COCc1ccccc1)C(=O)N1CCC2(CC1)CS(=O)(=O)c1ccccc12.Cl. The molecule has 2 aromatic rings. The summed E-state index contributed by atoms with van der Waals surface area (Å²) >= 11 is 0. The van der Waals surface area contributed by atoms with E-state index in [-0.39, 0.29) is 30.7 Å². The second-order valence-electron chi connectivity index (χ2n) is 10.1. The number of rotatable bonds is 7. The average molecular weight is 536 g/mol. The zero-order chi connectivity index (χ0) is 25.3. The summed E-state index contributed by atoms with van der Waals surface area (Å²) in [7, 11) is -3.33. The molecule has 0 bridgehead atoms. The third-order valence-corrected chi connectivity index (χ3v) is 8.84. The van der Waals surface area contributed by atoms with E-state index in [4.69, 9.17) is 10.5 Å². The Balaban J connectivity index is 0.00000361. The molecule has 1 spiro atoms. The number of nitrogens with one attached hydrogen (secondary N) is 1. The summed E-state index contributed by atoms with van der Waals surface area (Å²) in [6, 6.07) is 15.9. The Labute approximate surface area is 218 Å². The molecule has 2 heterocycles. The van der Waals surface area contributed by atoms with E-state index in [9.17, 15) is 18.0 Å². The predicted molar refractivity (Wildman–Crippen MR) is 140 cm³/mol. The Morgan fingerprint density at radius 1 is 1.08 bits per heavy atom. The van der Waals surface area contributed by atoms with Gasteiger partial charge in [0, 0.05) is 18.5 Å². The Hall–Kier alpha value is -2.46. The van der Waals surface area contributed by atoms with Crippen LogP contribution in [0, 0.1) is 0 Å². The molecule has 2 aliphatic rings. The Bertz CT molecular complexity index is 1190. The molecule has 196 valence electrons. The van der Waals surface area contributed by atoms with Gasteiger partial charge in [0.05, 0.1) is 29.4 Å². The van der Waals surface area contributed by atoms with Crippen molar-refractivity contribution >= 4 is 34.1 Å². The third-order valence-electron chi connectivity index (χ3n) is 6.88. The molecule has 8 nitrogen and oxygen atoms in total. The minimum absolute atomic E-state index is 0. The molecule has 36 heavy (non-hydrogen) atoms. The number of halogens is 1. The number of carbonyl (C=O) groups is 2. The van der Waals surface area contributed by atoms with Gasteiger partial charge in [0.15, 0.2) is 9.84 Å². The molecular weight excluding hydrogens is 502 g/mol. The van der Waals surface area contributed by atoms with Gasteiger partial charge in [-0.25, -0.2) is 8.42 Å². The van der Waals surface area contributed by atoms with E-state index in [2.05, 4.69) is 5.32 Å². The summed E-state index contributed by atoms with van der Waals surface area (Å²) in [6.07, 6.45) is 1.09. The van der Waals surface area contributed by atoms with Gasteiger partial charge in [-0.2, -0.15) is 0 Å². The zero-order valence-electron chi connectivity index (χ0n) is 20.6. The Morgan fingerprint density at radius 2 is 1.69 bits per heavy atom. The average Bonchev–Trinajstić information content (AvgIpc) is 3.05. The van der Waals surface area contributed by atoms with Crippen molar-refractivity contribution in [1.82, 2.24) is 10.2 Å². The molecular formula is C26H34ClN3O5S. The lowest BCUT2D eigenvalue weighted by molar-refractivity contribution is -0.140. The number of ether oxygens (including phenoxy) is 1. The summed E-state index contributed by atoms with van der Waals surface area (Å²) in [5, 5.41) is 2.75. The smallest absolute Gasteiger partial charge is 0.247 e. The van der Waals surface area contributed by atoms with E-state index in [0.717, 1.165) is 11.1 Å². The van der Waals surface area contributed by atoms with Gasteiger partial charge in [0.2, 0.25) is 11.8 Å². The fraction of sp³-hybridized carbons (Fsp3) is 0.462. The van der Waals surface area contributed by atoms with Crippen molar-refractivity contribution in [1.29, 1.82) is 0 Å². The van der Waals surface area contributed by atoms with Gasteiger partial charge in [-0.05, 0) is 43.9 Å². The zero-order valence-corrected chi connectivity index (χ0v) is 22.2. The van der Waals surface area contributed by atoms with Gasteiger partial charge >= 0.3 is 0 Å². The molecule has 0 unspecified atom stereocenters. The molecule has 1 fully saturated rings. The van der Waals surface area contributed by atoms with Crippen LogP contribution in [0.2, 0.25) is 0 Å². The number of hydrogen-bond donors (Lipinski definition) is 2. The summed E-state index contributed by atoms with van der Waals surface area (Å²) in [6.45, 7) is 4.28. The number of hydrogen-bond acceptors (Lipinski definition) is 6. The number of likely N-dealkylation sites (tertiary alicyclic amines) is 1. The van der Waals surface area contributed by atoms with Crippen LogP contribution in [0.15, 0.2) is 59.5 Å². The number of fused-ring (bicyclic) bond motifs is 2. The number of nitrogens with zero attached hydrogens (tertiary/aromatic N) is 1. The van der Waals surface area contributed by atoms with Crippen LogP contribution >= 0.6 is 12.4 Å². The molecule has 0 aromatic heterocycles. The largest absolute Gasteiger partial charge is 0.374 e. The molecule has 0 aliphatic carbocycles. The predicted octanol–water partition coefficient (Wildman–Crippen LogP) is 2.19. The highest BCUT2D eigenvalue weighted by Gasteiger charge is 2.49. The molecule has 2 aliphatic heterocycles. The van der Waals surface area contributed by atoms with Crippen LogP contribution in [0.1, 0.15) is 37.8 Å². The second-order valence-corrected chi connectivity index (χ2v) is 12.1. The number of benzene rings is 2. The standard InChI is InChI=1S/C26H33N3O5S.ClH/c1-25(2,27)24(31)28-21(17-34-16-19-8-4-3-5-9-19)23(30)29-14-12-26(13-15-29)18-35(32,33)22-11-7-6-10-20(22)26;/h3-11,21H,12-18,27H2,1-2H3,(H,28,31);1H/t21-;/m1./s1. The third kappa shape index (κ3) is 5.91. The van der Waals surface area contributed by atoms with E-state index in [0.29, 0.717) is 37.4 Å². The number of carbonyl (C=O) groups excluding carboxylic acids is 2. The second kappa shape index (κ2) is 10.9. The van der Waals surface area contributed by atoms with E-state index in [1.54, 1.807) is 30.9 Å². The summed E-state index contributed by atoms with van der Waals surface area (Å²) in [5.41, 5.74) is 6.13. The van der Waals surface area contributed by atoms with Crippen molar-refractivity contribution in [3.63, 3.8) is 0 Å². The minimum Gasteiger partial charge on any atom is -0.374 e. The molecule has 0 saturated carbocycles. The van der Waals surface area contributed by atoms with Crippen molar-refractivity contribution < 1.29 is 22.7 Å². The molecule has 4 rings (SSSR count). The van der Waals surface area contributed by atoms with Crippen molar-refractivity contribution in [3.8, 4) is 0 Å². The van der Waals surface area contributed by atoms with Gasteiger partial charge in [-0.1, -0.05) is 48.5 Å². The van der Waals surface area contributed by atoms with Crippen LogP contribution in [-0.4, -0.2) is 62.2 Å². The first-order valence-corrected chi connectivity index (χ1v) is 13.5. The number of sulfone groups is 1. The van der Waals surface area contributed by atoms with Crippen LogP contribution in [0.5, 0.6) is 0 Å². The summed E-state index contributed by atoms with van der Waals surface area (Å²) in [5.74, 6) is -0.619. The fourth-order valence-corrected chi connectivity index (χ4v) is 7.10. The first-order chi connectivity index (χ1) is 16.5. The lowest BCUT2D eigenvalue weighted by Gasteiger charge is -2.40. The molecule has 1 atom stereocenters. The topological polar surface area (TPSA) is 119 Å². The highest BCUT2D eigenvalue weighted by Crippen LogP contribution is 2.46. The normalized spacial score (nSPS) is 18.7. The first-order valence-electron chi connectivity index (χ1n) is 11.8. The maximum atomic E-state index is 13.5. The lowest BCUT2D eigenvalue weighted by Crippen LogP contribution is -2.59. The van der Waals surface area contributed by atoms with Crippen molar-refractivity contribution in [3.05, 3.63) is 65.7 Å². The van der Waals surface area contributed by atoms with Crippen molar-refractivity contribution in [2.24, 2.45) is 5.73 Å². The molecule has 10 heteroatoms. The van der Waals surface area contributed by atoms with Gasteiger partial charge in [-0.15, -0.1) is 12.4 Å². The van der Waals surface area contributed by atoms with Crippen LogP contribution in [-0.2, 0) is 36.2 Å². The van der Waals surface area contributed by atoms with Gasteiger partial charge in [0.25, 0.3) is 0 Å². The highest BCUT2D eigenvalue weighted by molar-refractivity contribution is 7.91. The number of piperidine rings is 1. The van der Waals surface area contributed by atoms with E-state index in [1.807, 2.05) is 42.5 Å². The van der Waals surface area contributed by atoms with Crippen LogP contribution < -0.4 is 11.1 Å². The molecule has 3 N–H and O–H groups in total. The van der Waals surface area contributed by atoms with Gasteiger partial charge < -0.3 is 20.7 Å². The molecule has 1 saturated heterocycles. The molecule has 2 amide bonds. The molecule has 2 aromatic carbocycles. The maximum Gasteiger partial charge on any atom is 0.247 e. The van der Waals surface area contributed by atoms with Crippen LogP contribution in [0.4, 0.5) is 0 Å². The van der Waals surface area contributed by atoms with Gasteiger partial charge in [0.1, 0.15) is 6.04 Å². The monoisotopic (exact) mass is 535 g/mol. The van der Waals surface area contributed by atoms with E-state index >= 15 is 0 Å². The summed E-state index contributed by atoms with van der Waals surface area (Å²) < 4.78 is 31.3. The minimum atomic E-state index is -3.33. The highest BCUT2D eigenvalue weighted by atomic mass is 35.5. The van der Waals surface area contributed by atoms with E-state index in [1.165, 1.54) is 0 Å². The van der Waals surface area contributed by atoms with Gasteiger partial charge in [-0.3, -0.25) is 9.59 Å². The number of nitrogens with two attached hydrogens (primary N) is 1.